The van der Waals surface area contributed by atoms with Gasteiger partial charge in [-0.3, -0.25) is 9.59 Å². The monoisotopic (exact) mass is 543 g/mol. The first-order valence-corrected chi connectivity index (χ1v) is 14.7. The minimum atomic E-state index is -4.54. The Labute approximate surface area is 219 Å². The summed E-state index contributed by atoms with van der Waals surface area (Å²) in [5.74, 6) is 0.830. The number of urea groups is 1. The van der Waals surface area contributed by atoms with E-state index < -0.39 is 45.3 Å². The van der Waals surface area contributed by atoms with Crippen LogP contribution in [-0.4, -0.2) is 68.1 Å². The van der Waals surface area contributed by atoms with Crippen molar-refractivity contribution in [2.75, 3.05) is 19.8 Å². The summed E-state index contributed by atoms with van der Waals surface area (Å²) < 4.78 is 40.9. The van der Waals surface area contributed by atoms with Gasteiger partial charge in [0, 0.05) is 6.54 Å². The molecule has 2 aliphatic heterocycles. The van der Waals surface area contributed by atoms with Crippen LogP contribution in [0.1, 0.15) is 79.1 Å². The van der Waals surface area contributed by atoms with Crippen molar-refractivity contribution < 1.29 is 36.0 Å². The van der Waals surface area contributed by atoms with Crippen LogP contribution in [0.5, 0.6) is 0 Å². The van der Waals surface area contributed by atoms with Crippen molar-refractivity contribution in [2.24, 2.45) is 34.3 Å². The summed E-state index contributed by atoms with van der Waals surface area (Å²) in [6.07, 6.45) is 6.11. The van der Waals surface area contributed by atoms with Crippen LogP contribution in [0.4, 0.5) is 4.79 Å². The van der Waals surface area contributed by atoms with Crippen LogP contribution in [0.15, 0.2) is 0 Å². The van der Waals surface area contributed by atoms with Gasteiger partial charge in [-0.25, -0.2) is 8.98 Å². The van der Waals surface area contributed by atoms with E-state index in [2.05, 4.69) is 13.8 Å². The minimum absolute atomic E-state index is 0.133. The van der Waals surface area contributed by atoms with Gasteiger partial charge in [-0.1, -0.05) is 27.7 Å². The van der Waals surface area contributed by atoms with Crippen LogP contribution in [0.3, 0.4) is 0 Å². The van der Waals surface area contributed by atoms with Gasteiger partial charge < -0.3 is 15.4 Å². The van der Waals surface area contributed by atoms with Crippen LogP contribution in [-0.2, 0) is 33.2 Å². The summed E-state index contributed by atoms with van der Waals surface area (Å²) in [6.45, 7) is 8.17. The van der Waals surface area contributed by atoms with E-state index in [9.17, 15) is 22.8 Å². The van der Waals surface area contributed by atoms with E-state index in [1.54, 1.807) is 0 Å². The first-order chi connectivity index (χ1) is 17.2. The SMILES string of the molecule is CC1CC2CC(C)CC(C(=O)OCCC(C)(C)COS(=O)(=O)ON3C(=O)N4C[C@H]3CC[C@H]4C(N)=O)(C1)C2. The van der Waals surface area contributed by atoms with Crippen LogP contribution < -0.4 is 5.73 Å². The zero-order valence-electron chi connectivity index (χ0n) is 22.3. The molecule has 0 aromatic rings. The molecule has 0 aromatic carbocycles. The number of piperidine rings is 1. The molecular weight excluding hydrogens is 502 g/mol. The lowest BCUT2D eigenvalue weighted by atomic mass is 9.57. The van der Waals surface area contributed by atoms with Crippen molar-refractivity contribution in [1.82, 2.24) is 9.96 Å². The van der Waals surface area contributed by atoms with Crippen molar-refractivity contribution in [3.63, 3.8) is 0 Å². The van der Waals surface area contributed by atoms with Crippen molar-refractivity contribution in [2.45, 2.75) is 91.1 Å². The standard InChI is InChI=1S/C25H41N3O8S/c1-16-9-18-10-17(2)12-25(11-16,13-18)22(30)34-8-7-24(3,4)15-35-37(32,33)36-28-19-5-6-20(21(26)29)27(14-19)23(28)31/h16-20H,5-15H2,1-4H3,(H2,26,29)/t16?,17?,18?,19-,20+,25?/m1/s1. The smallest absolute Gasteiger partial charge is 0.421 e. The number of rotatable bonds is 10. The average molecular weight is 544 g/mol. The molecule has 2 saturated heterocycles. The zero-order valence-corrected chi connectivity index (χ0v) is 23.1. The Morgan fingerprint density at radius 3 is 2.38 bits per heavy atom. The second-order valence-corrected chi connectivity index (χ2v) is 13.8. The van der Waals surface area contributed by atoms with Gasteiger partial charge >= 0.3 is 22.4 Å². The molecule has 4 atom stereocenters. The molecule has 2 N–H and O–H groups in total. The quantitative estimate of drug-likeness (QED) is 0.414. The third-order valence-electron chi connectivity index (χ3n) is 8.49. The molecule has 2 heterocycles. The molecule has 0 radical (unpaired) electrons. The highest BCUT2D eigenvalue weighted by Gasteiger charge is 2.51. The summed E-state index contributed by atoms with van der Waals surface area (Å²) in [7, 11) is -4.54. The fourth-order valence-electron chi connectivity index (χ4n) is 6.98. The molecule has 2 aliphatic carbocycles. The Hall–Kier alpha value is -1.92. The number of hydroxylamine groups is 2. The molecule has 210 valence electrons. The van der Waals surface area contributed by atoms with Crippen molar-refractivity contribution in [3.05, 3.63) is 0 Å². The van der Waals surface area contributed by atoms with E-state index >= 15 is 0 Å². The van der Waals surface area contributed by atoms with Crippen LogP contribution in [0.25, 0.3) is 0 Å². The van der Waals surface area contributed by atoms with Gasteiger partial charge in [0.15, 0.2) is 0 Å². The summed E-state index contributed by atoms with van der Waals surface area (Å²) in [5.41, 5.74) is 4.31. The number of esters is 1. The lowest BCUT2D eigenvalue weighted by Crippen LogP contribution is -2.47. The predicted octanol–water partition coefficient (Wildman–Crippen LogP) is 2.75. The average Bonchev–Trinajstić information content (AvgIpc) is 3.00. The normalized spacial score (nSPS) is 33.9. The molecule has 0 aromatic heterocycles. The second kappa shape index (κ2) is 10.3. The maximum atomic E-state index is 13.2. The molecule has 4 aliphatic rings. The number of carbonyl (C=O) groups excluding carboxylic acids is 3. The number of ether oxygens (including phenoxy) is 1. The molecule has 11 nitrogen and oxygen atoms in total. The zero-order chi connectivity index (χ0) is 27.2. The number of carbonyl (C=O) groups is 3. The number of nitrogens with zero attached hydrogens (tertiary/aromatic N) is 2. The van der Waals surface area contributed by atoms with Crippen LogP contribution in [0, 0.1) is 28.6 Å². The second-order valence-electron chi connectivity index (χ2n) is 12.6. The van der Waals surface area contributed by atoms with E-state index in [1.165, 1.54) is 17.7 Å². The molecule has 4 bridgehead atoms. The largest absolute Gasteiger partial charge is 0.465 e. The van der Waals surface area contributed by atoms with Gasteiger partial charge in [0.1, 0.15) is 6.04 Å². The van der Waals surface area contributed by atoms with E-state index in [0.717, 1.165) is 24.3 Å². The third-order valence-corrected chi connectivity index (χ3v) is 9.24. The molecule has 2 saturated carbocycles. The maximum absolute atomic E-state index is 13.2. The molecular formula is C25H41N3O8S. The van der Waals surface area contributed by atoms with Gasteiger partial charge in [0.2, 0.25) is 5.91 Å². The molecule has 4 rings (SSSR count). The summed E-state index contributed by atoms with van der Waals surface area (Å²) in [6, 6.07) is -2.00. The molecule has 0 spiro atoms. The van der Waals surface area contributed by atoms with Crippen LogP contribution >= 0.6 is 0 Å². The Morgan fingerprint density at radius 1 is 1.11 bits per heavy atom. The molecule has 4 fully saturated rings. The Morgan fingerprint density at radius 2 is 1.76 bits per heavy atom. The topological polar surface area (TPSA) is 146 Å². The van der Waals surface area contributed by atoms with Gasteiger partial charge in [-0.15, -0.1) is 4.28 Å². The van der Waals surface area contributed by atoms with Crippen molar-refractivity contribution in [3.8, 4) is 0 Å². The minimum Gasteiger partial charge on any atom is -0.465 e. The number of fused-ring (bicyclic) bond motifs is 4. The lowest BCUT2D eigenvalue weighted by molar-refractivity contribution is -0.166. The van der Waals surface area contributed by atoms with Gasteiger partial charge in [-0.05, 0) is 74.5 Å². The number of amides is 3. The number of primary amides is 1. The lowest BCUT2D eigenvalue weighted by Gasteiger charge is -2.48. The summed E-state index contributed by atoms with van der Waals surface area (Å²) in [4.78, 5) is 38.6. The summed E-state index contributed by atoms with van der Waals surface area (Å²) in [5, 5.41) is 0.760. The van der Waals surface area contributed by atoms with Gasteiger partial charge in [-0.2, -0.15) is 13.5 Å². The number of nitrogens with two attached hydrogens (primary N) is 1. The van der Waals surface area contributed by atoms with Crippen molar-refractivity contribution in [1.29, 1.82) is 0 Å². The van der Waals surface area contributed by atoms with Gasteiger partial charge in [0.25, 0.3) is 0 Å². The maximum Gasteiger partial charge on any atom is 0.421 e. The number of hydrogen-bond acceptors (Lipinski definition) is 8. The van der Waals surface area contributed by atoms with E-state index in [4.69, 9.17) is 18.9 Å². The molecule has 37 heavy (non-hydrogen) atoms. The number of hydrogen-bond donors (Lipinski definition) is 1. The summed E-state index contributed by atoms with van der Waals surface area (Å²) >= 11 is 0. The van der Waals surface area contributed by atoms with E-state index in [0.29, 0.717) is 37.0 Å². The Bertz CT molecular complexity index is 996. The van der Waals surface area contributed by atoms with Gasteiger partial charge in [0.05, 0.1) is 24.7 Å². The molecule has 2 unspecified atom stereocenters. The highest BCUT2D eigenvalue weighted by molar-refractivity contribution is 7.81. The molecule has 12 heteroatoms. The third kappa shape index (κ3) is 6.22. The van der Waals surface area contributed by atoms with E-state index in [-0.39, 0.29) is 25.7 Å². The van der Waals surface area contributed by atoms with E-state index in [1.807, 2.05) is 13.8 Å². The fourth-order valence-corrected chi connectivity index (χ4v) is 7.87. The predicted molar refractivity (Wildman–Crippen MR) is 133 cm³/mol. The van der Waals surface area contributed by atoms with Crippen molar-refractivity contribution >= 4 is 28.3 Å². The first kappa shape index (κ1) is 28.1. The Kier molecular flexibility index (Phi) is 7.85. The highest BCUT2D eigenvalue weighted by atomic mass is 32.3. The first-order valence-electron chi connectivity index (χ1n) is 13.4. The highest BCUT2D eigenvalue weighted by Crippen LogP contribution is 2.53. The fraction of sp³-hybridized carbons (Fsp3) is 0.880. The molecule has 3 amide bonds. The van der Waals surface area contributed by atoms with Crippen LogP contribution in [0.2, 0.25) is 0 Å². The Balaban J connectivity index is 1.26.